The molecule has 5 nitrogen and oxygen atoms in total. The molecule has 5 heteroatoms. The van der Waals surface area contributed by atoms with Crippen LogP contribution in [0.3, 0.4) is 0 Å². The van der Waals surface area contributed by atoms with Crippen LogP contribution >= 0.6 is 0 Å². The van der Waals surface area contributed by atoms with E-state index in [4.69, 9.17) is 9.26 Å². The van der Waals surface area contributed by atoms with E-state index in [0.29, 0.717) is 5.92 Å². The number of anilines is 1. The predicted octanol–water partition coefficient (Wildman–Crippen LogP) is 2.07. The summed E-state index contributed by atoms with van der Waals surface area (Å²) in [5, 5.41) is 3.94. The summed E-state index contributed by atoms with van der Waals surface area (Å²) in [6, 6.07) is 7.98. The molecule has 0 bridgehead atoms. The Morgan fingerprint density at radius 2 is 2.30 bits per heavy atom. The summed E-state index contributed by atoms with van der Waals surface area (Å²) in [7, 11) is 1.77. The lowest BCUT2D eigenvalue weighted by molar-refractivity contribution is 0.0813. The smallest absolute Gasteiger partial charge is 0.137 e. The monoisotopic (exact) mass is 273 g/mol. The second-order valence-corrected chi connectivity index (χ2v) is 5.27. The van der Waals surface area contributed by atoms with Crippen molar-refractivity contribution < 1.29 is 9.26 Å². The van der Waals surface area contributed by atoms with Crippen LogP contribution < -0.4 is 4.90 Å². The van der Waals surface area contributed by atoms with Gasteiger partial charge in [-0.05, 0) is 19.1 Å². The van der Waals surface area contributed by atoms with Gasteiger partial charge in [-0.15, -0.1) is 0 Å². The van der Waals surface area contributed by atoms with Gasteiger partial charge >= 0.3 is 0 Å². The van der Waals surface area contributed by atoms with Crippen LogP contribution in [-0.2, 0) is 11.2 Å². The average molecular weight is 273 g/mol. The standard InChI is InChI=1S/C15H19N3O2/c1-11-7-13(20-17-11)8-12-9-18(10-14(12)19-2)15-5-3-4-6-16-15/h3-7,12,14H,8-10H2,1-2H3/t12-,14+/m1/s1. The number of aromatic nitrogens is 2. The Hall–Kier alpha value is -1.88. The number of hydrogen-bond acceptors (Lipinski definition) is 5. The first-order valence-electron chi connectivity index (χ1n) is 6.87. The van der Waals surface area contributed by atoms with Gasteiger partial charge in [-0.2, -0.15) is 0 Å². The highest BCUT2D eigenvalue weighted by molar-refractivity contribution is 5.39. The molecule has 0 unspecified atom stereocenters. The van der Waals surface area contributed by atoms with Crippen molar-refractivity contribution in [2.24, 2.45) is 5.92 Å². The molecule has 0 aromatic carbocycles. The Kier molecular flexibility index (Phi) is 3.69. The van der Waals surface area contributed by atoms with E-state index in [1.807, 2.05) is 37.4 Å². The molecule has 1 aliphatic heterocycles. The van der Waals surface area contributed by atoms with E-state index in [2.05, 4.69) is 15.0 Å². The normalized spacial score (nSPS) is 22.4. The lowest BCUT2D eigenvalue weighted by Gasteiger charge is -2.16. The first kappa shape index (κ1) is 13.1. The third-order valence-electron chi connectivity index (χ3n) is 3.80. The minimum absolute atomic E-state index is 0.197. The summed E-state index contributed by atoms with van der Waals surface area (Å²) in [5.74, 6) is 2.33. The zero-order chi connectivity index (χ0) is 13.9. The second-order valence-electron chi connectivity index (χ2n) is 5.27. The zero-order valence-electron chi connectivity index (χ0n) is 11.8. The second kappa shape index (κ2) is 5.63. The maximum atomic E-state index is 5.62. The molecule has 2 atom stereocenters. The van der Waals surface area contributed by atoms with Crippen LogP contribution in [0.5, 0.6) is 0 Å². The fourth-order valence-corrected chi connectivity index (χ4v) is 2.80. The van der Waals surface area contributed by atoms with Gasteiger partial charge in [0.25, 0.3) is 0 Å². The molecule has 20 heavy (non-hydrogen) atoms. The lowest BCUT2D eigenvalue weighted by Crippen LogP contribution is -2.23. The number of pyridine rings is 1. The molecule has 106 valence electrons. The molecule has 0 amide bonds. The van der Waals surface area contributed by atoms with Crippen molar-refractivity contribution in [2.75, 3.05) is 25.1 Å². The first-order valence-corrected chi connectivity index (χ1v) is 6.87. The third-order valence-corrected chi connectivity index (χ3v) is 3.80. The average Bonchev–Trinajstić information content (AvgIpc) is 3.07. The van der Waals surface area contributed by atoms with E-state index >= 15 is 0 Å². The third kappa shape index (κ3) is 2.67. The highest BCUT2D eigenvalue weighted by Crippen LogP contribution is 2.27. The summed E-state index contributed by atoms with van der Waals surface area (Å²) in [5.41, 5.74) is 0.925. The predicted molar refractivity (Wildman–Crippen MR) is 75.7 cm³/mol. The van der Waals surface area contributed by atoms with Crippen molar-refractivity contribution in [1.82, 2.24) is 10.1 Å². The molecular formula is C15H19N3O2. The van der Waals surface area contributed by atoms with Crippen LogP contribution in [0, 0.1) is 12.8 Å². The summed E-state index contributed by atoms with van der Waals surface area (Å²) < 4.78 is 10.9. The SMILES string of the molecule is CO[C@H]1CN(c2ccccn2)C[C@H]1Cc1cc(C)no1. The van der Waals surface area contributed by atoms with Gasteiger partial charge in [0.05, 0.1) is 11.8 Å². The van der Waals surface area contributed by atoms with Gasteiger partial charge in [0.15, 0.2) is 0 Å². The molecule has 3 rings (SSSR count). The Balaban J connectivity index is 1.71. The fraction of sp³-hybridized carbons (Fsp3) is 0.467. The van der Waals surface area contributed by atoms with Crippen molar-refractivity contribution in [2.45, 2.75) is 19.4 Å². The summed E-state index contributed by atoms with van der Waals surface area (Å²) in [4.78, 5) is 6.68. The van der Waals surface area contributed by atoms with E-state index in [9.17, 15) is 0 Å². The van der Waals surface area contributed by atoms with Crippen LogP contribution in [0.4, 0.5) is 5.82 Å². The van der Waals surface area contributed by atoms with E-state index in [1.165, 1.54) is 0 Å². The molecule has 1 aliphatic rings. The van der Waals surface area contributed by atoms with Crippen molar-refractivity contribution in [3.05, 3.63) is 41.9 Å². The number of ether oxygens (including phenoxy) is 1. The lowest BCUT2D eigenvalue weighted by atomic mass is 10.0. The Morgan fingerprint density at radius 3 is 2.95 bits per heavy atom. The number of aryl methyl sites for hydroxylation is 1. The molecule has 0 aliphatic carbocycles. The van der Waals surface area contributed by atoms with Gasteiger partial charge in [-0.1, -0.05) is 11.2 Å². The highest BCUT2D eigenvalue weighted by Gasteiger charge is 2.34. The molecule has 0 saturated carbocycles. The van der Waals surface area contributed by atoms with Gasteiger partial charge in [-0.25, -0.2) is 4.98 Å². The molecule has 2 aromatic rings. The molecule has 0 N–H and O–H groups in total. The van der Waals surface area contributed by atoms with E-state index in [0.717, 1.165) is 36.8 Å². The molecule has 1 fully saturated rings. The van der Waals surface area contributed by atoms with Gasteiger partial charge in [0, 0.05) is 44.8 Å². The van der Waals surface area contributed by atoms with E-state index in [1.54, 1.807) is 7.11 Å². The summed E-state index contributed by atoms with van der Waals surface area (Å²) >= 11 is 0. The van der Waals surface area contributed by atoms with Crippen LogP contribution in [0.25, 0.3) is 0 Å². The maximum Gasteiger partial charge on any atom is 0.137 e. The summed E-state index contributed by atoms with van der Waals surface area (Å²) in [6.07, 6.45) is 2.87. The number of rotatable bonds is 4. The molecular weight excluding hydrogens is 254 g/mol. The quantitative estimate of drug-likeness (QED) is 0.853. The van der Waals surface area contributed by atoms with Crippen LogP contribution in [0.1, 0.15) is 11.5 Å². The van der Waals surface area contributed by atoms with Gasteiger partial charge in [0.1, 0.15) is 11.6 Å². The van der Waals surface area contributed by atoms with Crippen LogP contribution in [0.15, 0.2) is 35.0 Å². The molecule has 2 aromatic heterocycles. The Labute approximate surface area is 118 Å². The number of hydrogen-bond donors (Lipinski definition) is 0. The van der Waals surface area contributed by atoms with E-state index < -0.39 is 0 Å². The van der Waals surface area contributed by atoms with Gasteiger partial charge < -0.3 is 14.2 Å². The van der Waals surface area contributed by atoms with Crippen LogP contribution in [0.2, 0.25) is 0 Å². The van der Waals surface area contributed by atoms with Crippen LogP contribution in [-0.4, -0.2) is 36.4 Å². The minimum Gasteiger partial charge on any atom is -0.379 e. The zero-order valence-corrected chi connectivity index (χ0v) is 11.8. The minimum atomic E-state index is 0.197. The number of nitrogens with zero attached hydrogens (tertiary/aromatic N) is 3. The summed E-state index contributed by atoms with van der Waals surface area (Å²) in [6.45, 7) is 3.73. The maximum absolute atomic E-state index is 5.62. The van der Waals surface area contributed by atoms with Crippen molar-refractivity contribution in [3.63, 3.8) is 0 Å². The molecule has 0 radical (unpaired) electrons. The largest absolute Gasteiger partial charge is 0.379 e. The van der Waals surface area contributed by atoms with Crippen molar-refractivity contribution in [1.29, 1.82) is 0 Å². The Bertz CT molecular complexity index is 555. The Morgan fingerprint density at radius 1 is 1.40 bits per heavy atom. The van der Waals surface area contributed by atoms with Gasteiger partial charge in [0.2, 0.25) is 0 Å². The van der Waals surface area contributed by atoms with Gasteiger partial charge in [-0.3, -0.25) is 0 Å². The fourth-order valence-electron chi connectivity index (χ4n) is 2.80. The van der Waals surface area contributed by atoms with Crippen molar-refractivity contribution >= 4 is 5.82 Å². The number of methoxy groups -OCH3 is 1. The topological polar surface area (TPSA) is 51.4 Å². The molecule has 1 saturated heterocycles. The first-order chi connectivity index (χ1) is 9.76. The highest BCUT2D eigenvalue weighted by atomic mass is 16.5. The van der Waals surface area contributed by atoms with E-state index in [-0.39, 0.29) is 6.10 Å². The molecule has 3 heterocycles. The molecule has 0 spiro atoms. The van der Waals surface area contributed by atoms with Crippen molar-refractivity contribution in [3.8, 4) is 0 Å².